The molecule has 0 spiro atoms. The second-order valence-corrected chi connectivity index (χ2v) is 9.17. The summed E-state index contributed by atoms with van der Waals surface area (Å²) in [6, 6.07) is 4.63. The normalized spacial score (nSPS) is 17.1. The molecule has 4 rings (SSSR count). The van der Waals surface area contributed by atoms with E-state index in [-0.39, 0.29) is 35.7 Å². The number of piperazine rings is 1. The second kappa shape index (κ2) is 9.35. The lowest BCUT2D eigenvalue weighted by Gasteiger charge is -2.34. The fourth-order valence-corrected chi connectivity index (χ4v) is 4.49. The first-order valence-electron chi connectivity index (χ1n) is 11.6. The van der Waals surface area contributed by atoms with E-state index in [1.54, 1.807) is 22.8 Å². The van der Waals surface area contributed by atoms with Crippen LogP contribution in [0.1, 0.15) is 60.9 Å². The highest BCUT2D eigenvalue weighted by Crippen LogP contribution is 2.37. The van der Waals surface area contributed by atoms with E-state index in [4.69, 9.17) is 0 Å². The molecule has 1 fully saturated rings. The Labute approximate surface area is 202 Å². The third-order valence-corrected chi connectivity index (χ3v) is 6.50. The minimum atomic E-state index is -4.49. The lowest BCUT2D eigenvalue weighted by molar-refractivity contribution is -0.138. The second-order valence-electron chi connectivity index (χ2n) is 9.17. The van der Waals surface area contributed by atoms with E-state index in [0.717, 1.165) is 6.07 Å². The third kappa shape index (κ3) is 4.89. The summed E-state index contributed by atoms with van der Waals surface area (Å²) in [6.45, 7) is 9.21. The molecule has 35 heavy (non-hydrogen) atoms. The van der Waals surface area contributed by atoms with Crippen LogP contribution in [0.25, 0.3) is 0 Å². The van der Waals surface area contributed by atoms with Gasteiger partial charge < -0.3 is 20.0 Å². The first-order valence-corrected chi connectivity index (χ1v) is 11.6. The lowest BCUT2D eigenvalue weighted by atomic mass is 10.0. The number of rotatable bonds is 5. The van der Waals surface area contributed by atoms with Gasteiger partial charge in [0.25, 0.3) is 5.91 Å². The van der Waals surface area contributed by atoms with E-state index in [1.807, 2.05) is 18.7 Å². The van der Waals surface area contributed by atoms with Crippen molar-refractivity contribution in [3.63, 3.8) is 0 Å². The predicted octanol–water partition coefficient (Wildman–Crippen LogP) is 3.70. The van der Waals surface area contributed by atoms with E-state index in [2.05, 4.69) is 15.3 Å². The number of carbonyl (C=O) groups is 2. The number of nitrogens with zero attached hydrogens (tertiary/aromatic N) is 5. The molecule has 8 nitrogen and oxygen atoms in total. The SMILES string of the molecule is CC(=O)N1CCN(c2nc(N[C@H](C)c3ccccc3C(F)(F)F)c3c(n2)C(=O)N(C(C)C)C3)CC1. The Morgan fingerprint density at radius 2 is 1.71 bits per heavy atom. The highest BCUT2D eigenvalue weighted by atomic mass is 19.4. The zero-order valence-corrected chi connectivity index (χ0v) is 20.2. The Morgan fingerprint density at radius 3 is 2.31 bits per heavy atom. The van der Waals surface area contributed by atoms with E-state index in [9.17, 15) is 22.8 Å². The third-order valence-electron chi connectivity index (χ3n) is 6.50. The van der Waals surface area contributed by atoms with Gasteiger partial charge >= 0.3 is 6.18 Å². The summed E-state index contributed by atoms with van der Waals surface area (Å²) < 4.78 is 40.8. The number of hydrogen-bond acceptors (Lipinski definition) is 6. The van der Waals surface area contributed by atoms with Gasteiger partial charge in [0.1, 0.15) is 11.5 Å². The molecule has 2 aliphatic heterocycles. The molecule has 1 aromatic heterocycles. The van der Waals surface area contributed by atoms with Crippen molar-refractivity contribution in [1.29, 1.82) is 0 Å². The van der Waals surface area contributed by atoms with Gasteiger partial charge in [0, 0.05) is 44.7 Å². The van der Waals surface area contributed by atoms with Gasteiger partial charge in [0.05, 0.1) is 18.2 Å². The first kappa shape index (κ1) is 24.7. The molecule has 2 aliphatic rings. The van der Waals surface area contributed by atoms with Crippen molar-refractivity contribution in [2.75, 3.05) is 36.4 Å². The van der Waals surface area contributed by atoms with Gasteiger partial charge in [-0.15, -0.1) is 0 Å². The van der Waals surface area contributed by atoms with Crippen molar-refractivity contribution >= 4 is 23.6 Å². The maximum atomic E-state index is 13.6. The number of halogens is 3. The van der Waals surface area contributed by atoms with Gasteiger partial charge in [0.2, 0.25) is 11.9 Å². The van der Waals surface area contributed by atoms with Crippen LogP contribution in [0.3, 0.4) is 0 Å². The molecule has 2 amide bonds. The van der Waals surface area contributed by atoms with Crippen LogP contribution in [-0.4, -0.2) is 63.8 Å². The molecule has 188 valence electrons. The number of benzene rings is 1. The Bertz CT molecular complexity index is 1130. The molecular formula is C24H29F3N6O2. The summed E-state index contributed by atoms with van der Waals surface area (Å²) in [5.41, 5.74) is 0.211. The maximum Gasteiger partial charge on any atom is 0.416 e. The van der Waals surface area contributed by atoms with Crippen molar-refractivity contribution in [1.82, 2.24) is 19.8 Å². The summed E-state index contributed by atoms with van der Waals surface area (Å²) >= 11 is 0. The van der Waals surface area contributed by atoms with Crippen molar-refractivity contribution in [3.8, 4) is 0 Å². The minimum Gasteiger partial charge on any atom is -0.363 e. The smallest absolute Gasteiger partial charge is 0.363 e. The average Bonchev–Trinajstić information content (AvgIpc) is 3.15. The molecule has 0 unspecified atom stereocenters. The fourth-order valence-electron chi connectivity index (χ4n) is 4.49. The van der Waals surface area contributed by atoms with Crippen LogP contribution in [0, 0.1) is 0 Å². The van der Waals surface area contributed by atoms with Crippen LogP contribution in [0.5, 0.6) is 0 Å². The van der Waals surface area contributed by atoms with Crippen molar-refractivity contribution in [2.24, 2.45) is 0 Å². The van der Waals surface area contributed by atoms with E-state index in [1.165, 1.54) is 19.1 Å². The fraction of sp³-hybridized carbons (Fsp3) is 0.500. The predicted molar refractivity (Wildman–Crippen MR) is 125 cm³/mol. The number of fused-ring (bicyclic) bond motifs is 1. The number of anilines is 2. The highest BCUT2D eigenvalue weighted by molar-refractivity contribution is 5.98. The molecule has 0 saturated carbocycles. The standard InChI is InChI=1S/C24H29F3N6O2/c1-14(2)33-13-18-20(22(33)35)29-23(32-11-9-31(10-12-32)16(4)34)30-21(18)28-15(3)17-7-5-6-8-19(17)24(25,26)27/h5-8,14-15H,9-13H2,1-4H3,(H,28,29,30)/t15-/m1/s1. The van der Waals surface area contributed by atoms with E-state index in [0.29, 0.717) is 43.5 Å². The molecular weight excluding hydrogens is 461 g/mol. The number of nitrogens with one attached hydrogen (secondary N) is 1. The van der Waals surface area contributed by atoms with Gasteiger partial charge in [-0.05, 0) is 32.4 Å². The number of amides is 2. The molecule has 0 radical (unpaired) electrons. The van der Waals surface area contributed by atoms with Crippen molar-refractivity contribution in [3.05, 3.63) is 46.6 Å². The maximum absolute atomic E-state index is 13.6. The van der Waals surface area contributed by atoms with Gasteiger partial charge in [0.15, 0.2) is 0 Å². The molecule has 1 aromatic carbocycles. The monoisotopic (exact) mass is 490 g/mol. The van der Waals surface area contributed by atoms with Gasteiger partial charge in [-0.25, -0.2) is 4.98 Å². The molecule has 0 bridgehead atoms. The molecule has 0 aliphatic carbocycles. The number of hydrogen-bond donors (Lipinski definition) is 1. The van der Waals surface area contributed by atoms with Crippen LogP contribution in [0.4, 0.5) is 24.9 Å². The molecule has 2 aromatic rings. The lowest BCUT2D eigenvalue weighted by Crippen LogP contribution is -2.48. The van der Waals surface area contributed by atoms with Crippen LogP contribution >= 0.6 is 0 Å². The number of carbonyl (C=O) groups excluding carboxylic acids is 2. The molecule has 3 heterocycles. The summed E-state index contributed by atoms with van der Waals surface area (Å²) in [4.78, 5) is 39.3. The average molecular weight is 491 g/mol. The summed E-state index contributed by atoms with van der Waals surface area (Å²) in [5.74, 6) is 0.430. The van der Waals surface area contributed by atoms with Gasteiger partial charge in [-0.1, -0.05) is 18.2 Å². The zero-order valence-electron chi connectivity index (χ0n) is 20.2. The molecule has 11 heteroatoms. The van der Waals surface area contributed by atoms with E-state index >= 15 is 0 Å². The Kier molecular flexibility index (Phi) is 6.61. The molecule has 1 N–H and O–H groups in total. The Morgan fingerprint density at radius 1 is 1.06 bits per heavy atom. The van der Waals surface area contributed by atoms with Crippen LogP contribution in [0.15, 0.2) is 24.3 Å². The summed E-state index contributed by atoms with van der Waals surface area (Å²) in [7, 11) is 0. The van der Waals surface area contributed by atoms with E-state index < -0.39 is 17.8 Å². The topological polar surface area (TPSA) is 81.7 Å². The summed E-state index contributed by atoms with van der Waals surface area (Å²) in [5, 5.41) is 3.14. The van der Waals surface area contributed by atoms with Gasteiger partial charge in [-0.2, -0.15) is 18.2 Å². The quantitative estimate of drug-likeness (QED) is 0.689. The van der Waals surface area contributed by atoms with Crippen molar-refractivity contribution < 1.29 is 22.8 Å². The van der Waals surface area contributed by atoms with Crippen molar-refractivity contribution in [2.45, 2.75) is 52.5 Å². The number of aromatic nitrogens is 2. The minimum absolute atomic E-state index is 0.0122. The first-order chi connectivity index (χ1) is 16.5. The molecule has 1 atom stereocenters. The van der Waals surface area contributed by atoms with Gasteiger partial charge in [-0.3, -0.25) is 9.59 Å². The van der Waals surface area contributed by atoms with Crippen LogP contribution < -0.4 is 10.2 Å². The largest absolute Gasteiger partial charge is 0.416 e. The Hall–Kier alpha value is -3.37. The van der Waals surface area contributed by atoms with Crippen LogP contribution in [0.2, 0.25) is 0 Å². The Balaban J connectivity index is 1.70. The summed E-state index contributed by atoms with van der Waals surface area (Å²) in [6.07, 6.45) is -4.49. The number of alkyl halides is 3. The molecule has 1 saturated heterocycles. The highest BCUT2D eigenvalue weighted by Gasteiger charge is 2.37. The van der Waals surface area contributed by atoms with Crippen LogP contribution in [-0.2, 0) is 17.5 Å². The zero-order chi connectivity index (χ0) is 25.5.